The molecule has 0 saturated carbocycles. The van der Waals surface area contributed by atoms with Gasteiger partial charge in [-0.05, 0) is 13.0 Å². The lowest BCUT2D eigenvalue weighted by Gasteiger charge is -2.09. The van der Waals surface area contributed by atoms with Crippen molar-refractivity contribution in [3.05, 3.63) is 0 Å². The van der Waals surface area contributed by atoms with Crippen LogP contribution in [0.5, 0.6) is 0 Å². The number of nitrogens with one attached hydrogen (secondary N) is 1. The van der Waals surface area contributed by atoms with Gasteiger partial charge in [-0.3, -0.25) is 0 Å². The van der Waals surface area contributed by atoms with Gasteiger partial charge in [-0.25, -0.2) is 8.78 Å². The molecule has 4 heteroatoms. The molecule has 1 atom stereocenters. The highest BCUT2D eigenvalue weighted by Gasteiger charge is 2.14. The van der Waals surface area contributed by atoms with E-state index in [0.29, 0.717) is 0 Å². The first kappa shape index (κ1) is 8.87. The first-order chi connectivity index (χ1) is 5.29. The van der Waals surface area contributed by atoms with Crippen LogP contribution < -0.4 is 5.32 Å². The van der Waals surface area contributed by atoms with E-state index in [0.717, 1.165) is 19.5 Å². The van der Waals surface area contributed by atoms with Crippen molar-refractivity contribution in [3.8, 4) is 0 Å². The number of ether oxygens (including phenoxy) is 1. The molecule has 1 N–H and O–H groups in total. The maximum absolute atomic E-state index is 11.6. The smallest absolute Gasteiger partial charge is 0.240 e. The van der Waals surface area contributed by atoms with Crippen LogP contribution in [0.25, 0.3) is 0 Å². The molecule has 1 unspecified atom stereocenters. The summed E-state index contributed by atoms with van der Waals surface area (Å²) in [6.45, 7) is 1.94. The predicted molar refractivity (Wildman–Crippen MR) is 37.8 cm³/mol. The van der Waals surface area contributed by atoms with Crippen LogP contribution in [-0.4, -0.2) is 32.2 Å². The van der Waals surface area contributed by atoms with Crippen molar-refractivity contribution in [3.63, 3.8) is 0 Å². The Hall–Kier alpha value is -0.220. The van der Waals surface area contributed by atoms with Crippen LogP contribution in [0.1, 0.15) is 12.8 Å². The second-order valence-electron chi connectivity index (χ2n) is 2.67. The Balaban J connectivity index is 1.94. The zero-order valence-corrected chi connectivity index (χ0v) is 6.35. The van der Waals surface area contributed by atoms with Crippen LogP contribution in [0.4, 0.5) is 8.78 Å². The van der Waals surface area contributed by atoms with Crippen molar-refractivity contribution in [2.75, 3.05) is 19.7 Å². The summed E-state index contributed by atoms with van der Waals surface area (Å²) in [5.41, 5.74) is 0. The van der Waals surface area contributed by atoms with Gasteiger partial charge in [0, 0.05) is 13.0 Å². The fourth-order valence-corrected chi connectivity index (χ4v) is 1.09. The van der Waals surface area contributed by atoms with Crippen LogP contribution in [0.15, 0.2) is 0 Å². The molecule has 0 bridgehead atoms. The molecule has 1 aliphatic rings. The third-order valence-electron chi connectivity index (χ3n) is 1.70. The van der Waals surface area contributed by atoms with Gasteiger partial charge in [0.05, 0.1) is 12.7 Å². The van der Waals surface area contributed by atoms with Gasteiger partial charge in [-0.2, -0.15) is 0 Å². The molecule has 0 aliphatic carbocycles. The molecular weight excluding hydrogens is 152 g/mol. The Morgan fingerprint density at radius 1 is 1.55 bits per heavy atom. The van der Waals surface area contributed by atoms with Gasteiger partial charge in [0.25, 0.3) is 0 Å². The van der Waals surface area contributed by atoms with Gasteiger partial charge in [-0.15, -0.1) is 0 Å². The molecule has 2 nitrogen and oxygen atoms in total. The summed E-state index contributed by atoms with van der Waals surface area (Å²) in [6, 6.07) is 0. The first-order valence-electron chi connectivity index (χ1n) is 3.89. The van der Waals surface area contributed by atoms with E-state index < -0.39 is 6.43 Å². The molecule has 1 heterocycles. The summed E-state index contributed by atoms with van der Waals surface area (Å²) >= 11 is 0. The van der Waals surface area contributed by atoms with Crippen molar-refractivity contribution in [2.24, 2.45) is 0 Å². The summed E-state index contributed by atoms with van der Waals surface area (Å²) in [5, 5.41) is 3.10. The van der Waals surface area contributed by atoms with Crippen LogP contribution >= 0.6 is 0 Å². The highest BCUT2D eigenvalue weighted by molar-refractivity contribution is 4.70. The minimum atomic E-state index is -2.23. The summed E-state index contributed by atoms with van der Waals surface area (Å²) in [4.78, 5) is 0. The lowest BCUT2D eigenvalue weighted by molar-refractivity contribution is 0.0294. The van der Waals surface area contributed by atoms with Crippen LogP contribution in [-0.2, 0) is 4.74 Å². The van der Waals surface area contributed by atoms with Crippen LogP contribution in [0.3, 0.4) is 0 Å². The normalized spacial score (nSPS) is 24.8. The highest BCUT2D eigenvalue weighted by atomic mass is 19.3. The van der Waals surface area contributed by atoms with E-state index in [9.17, 15) is 8.78 Å². The second-order valence-corrected chi connectivity index (χ2v) is 2.67. The Labute approximate surface area is 64.9 Å². The van der Waals surface area contributed by atoms with Gasteiger partial charge in [0.15, 0.2) is 0 Å². The third kappa shape index (κ3) is 3.62. The monoisotopic (exact) mass is 165 g/mol. The molecule has 0 aromatic carbocycles. The zero-order valence-electron chi connectivity index (χ0n) is 6.35. The largest absolute Gasteiger partial charge is 0.377 e. The van der Waals surface area contributed by atoms with Gasteiger partial charge in [0.2, 0.25) is 6.43 Å². The molecule has 0 aromatic heterocycles. The highest BCUT2D eigenvalue weighted by Crippen LogP contribution is 2.05. The molecule has 0 amide bonds. The van der Waals surface area contributed by atoms with E-state index in [1.54, 1.807) is 0 Å². The first-order valence-corrected chi connectivity index (χ1v) is 3.89. The Bertz CT molecular complexity index is 105. The zero-order chi connectivity index (χ0) is 8.10. The number of rotatable bonds is 4. The Morgan fingerprint density at radius 3 is 2.91 bits per heavy atom. The molecule has 66 valence electrons. The van der Waals surface area contributed by atoms with Crippen LogP contribution in [0.2, 0.25) is 0 Å². The van der Waals surface area contributed by atoms with E-state index in [1.165, 1.54) is 0 Å². The fraction of sp³-hybridized carbons (Fsp3) is 1.00. The molecule has 1 aliphatic heterocycles. The Morgan fingerprint density at radius 2 is 2.36 bits per heavy atom. The summed E-state index contributed by atoms with van der Waals surface area (Å²) in [5.74, 6) is 0. The fourth-order valence-electron chi connectivity index (χ4n) is 1.09. The molecule has 0 aromatic rings. The van der Waals surface area contributed by atoms with E-state index in [1.807, 2.05) is 0 Å². The molecule has 1 saturated heterocycles. The summed E-state index contributed by atoms with van der Waals surface area (Å²) in [7, 11) is 0. The minimum Gasteiger partial charge on any atom is -0.377 e. The molecule has 0 spiro atoms. The lowest BCUT2D eigenvalue weighted by atomic mass is 10.3. The number of hydrogen-bond acceptors (Lipinski definition) is 2. The molecule has 11 heavy (non-hydrogen) atoms. The predicted octanol–water partition coefficient (Wildman–Crippen LogP) is 1.02. The van der Waals surface area contributed by atoms with E-state index in [-0.39, 0.29) is 19.1 Å². The molecule has 1 rings (SSSR count). The average molecular weight is 165 g/mol. The Kier molecular flexibility index (Phi) is 3.72. The van der Waals surface area contributed by atoms with E-state index in [2.05, 4.69) is 5.32 Å². The maximum Gasteiger partial charge on any atom is 0.240 e. The van der Waals surface area contributed by atoms with Crippen molar-refractivity contribution in [1.29, 1.82) is 0 Å². The third-order valence-corrected chi connectivity index (χ3v) is 1.70. The van der Waals surface area contributed by atoms with E-state index >= 15 is 0 Å². The molecule has 0 radical (unpaired) electrons. The van der Waals surface area contributed by atoms with Gasteiger partial charge >= 0.3 is 0 Å². The average Bonchev–Trinajstić information content (AvgIpc) is 2.39. The van der Waals surface area contributed by atoms with E-state index in [4.69, 9.17) is 4.74 Å². The van der Waals surface area contributed by atoms with Gasteiger partial charge in [-0.1, -0.05) is 0 Å². The topological polar surface area (TPSA) is 21.3 Å². The minimum absolute atomic E-state index is 0.142. The van der Waals surface area contributed by atoms with Crippen LogP contribution in [0, 0.1) is 0 Å². The van der Waals surface area contributed by atoms with Gasteiger partial charge < -0.3 is 10.1 Å². The van der Waals surface area contributed by atoms with Crippen molar-refractivity contribution in [2.45, 2.75) is 25.4 Å². The second kappa shape index (κ2) is 4.62. The van der Waals surface area contributed by atoms with Gasteiger partial charge in [0.1, 0.15) is 0 Å². The number of hydrogen-bond donors (Lipinski definition) is 1. The molecular formula is C7H13F2NO. The van der Waals surface area contributed by atoms with Crippen molar-refractivity contribution >= 4 is 0 Å². The SMILES string of the molecule is FC(F)CCOC1CCNC1. The van der Waals surface area contributed by atoms with Crippen molar-refractivity contribution < 1.29 is 13.5 Å². The maximum atomic E-state index is 11.6. The lowest BCUT2D eigenvalue weighted by Crippen LogP contribution is -2.18. The summed E-state index contributed by atoms with van der Waals surface area (Å²) in [6.07, 6.45) is -1.27. The standard InChI is InChI=1S/C7H13F2NO/c8-7(9)2-4-11-6-1-3-10-5-6/h6-7,10H,1-5H2. The summed E-state index contributed by atoms with van der Waals surface area (Å²) < 4.78 is 28.4. The number of alkyl halides is 2. The number of halogens is 2. The quantitative estimate of drug-likeness (QED) is 0.671. The molecule has 1 fully saturated rings. The van der Waals surface area contributed by atoms with Crippen molar-refractivity contribution in [1.82, 2.24) is 5.32 Å².